The Morgan fingerprint density at radius 2 is 2.05 bits per heavy atom. The molecule has 1 N–H and O–H groups in total. The van der Waals surface area contributed by atoms with E-state index < -0.39 is 0 Å². The first-order valence-corrected chi connectivity index (χ1v) is 7.67. The Balaban J connectivity index is 1.64. The van der Waals surface area contributed by atoms with Gasteiger partial charge in [0, 0.05) is 31.0 Å². The van der Waals surface area contributed by atoms with Crippen LogP contribution in [0.15, 0.2) is 42.6 Å². The van der Waals surface area contributed by atoms with Gasteiger partial charge in [-0.15, -0.1) is 0 Å². The Bertz CT molecular complexity index is 549. The van der Waals surface area contributed by atoms with Crippen LogP contribution >= 0.6 is 0 Å². The Morgan fingerprint density at radius 3 is 2.85 bits per heavy atom. The van der Waals surface area contributed by atoms with Crippen LogP contribution in [0.5, 0.6) is 0 Å². The Morgan fingerprint density at radius 1 is 1.15 bits per heavy atom. The summed E-state index contributed by atoms with van der Waals surface area (Å²) >= 11 is 0. The highest BCUT2D eigenvalue weighted by molar-refractivity contribution is 5.22. The number of aromatic nitrogens is 2. The Hall–Kier alpha value is -1.61. The van der Waals surface area contributed by atoms with Crippen LogP contribution in [-0.2, 0) is 6.54 Å². The van der Waals surface area contributed by atoms with E-state index in [1.54, 1.807) is 0 Å². The Kier molecular flexibility index (Phi) is 3.07. The normalized spacial score (nSPS) is 29.7. The van der Waals surface area contributed by atoms with Gasteiger partial charge in [0.15, 0.2) is 0 Å². The number of fused-ring (bicyclic) bond motifs is 2. The number of hydrogen-bond donors (Lipinski definition) is 1. The van der Waals surface area contributed by atoms with Gasteiger partial charge in [-0.05, 0) is 42.7 Å². The molecule has 1 aliphatic heterocycles. The minimum absolute atomic E-state index is 0.582. The highest BCUT2D eigenvalue weighted by Crippen LogP contribution is 2.47. The van der Waals surface area contributed by atoms with Crippen molar-refractivity contribution in [1.82, 2.24) is 15.1 Å². The van der Waals surface area contributed by atoms with E-state index in [1.165, 1.54) is 37.1 Å². The van der Waals surface area contributed by atoms with Gasteiger partial charge in [-0.3, -0.25) is 10.00 Å². The molecule has 1 aliphatic carbocycles. The van der Waals surface area contributed by atoms with E-state index in [2.05, 4.69) is 51.5 Å². The van der Waals surface area contributed by atoms with E-state index in [4.69, 9.17) is 0 Å². The first kappa shape index (κ1) is 12.2. The fraction of sp³-hybridized carbons (Fsp3) is 0.471. The summed E-state index contributed by atoms with van der Waals surface area (Å²) in [5.41, 5.74) is 2.71. The largest absolute Gasteiger partial charge is 0.290 e. The van der Waals surface area contributed by atoms with Crippen molar-refractivity contribution in [1.29, 1.82) is 0 Å². The first-order valence-electron chi connectivity index (χ1n) is 7.67. The molecule has 2 aromatic rings. The summed E-state index contributed by atoms with van der Waals surface area (Å²) in [4.78, 5) is 2.66. The number of nitrogens with zero attached hydrogens (tertiary/aromatic N) is 2. The molecule has 3 nitrogen and oxygen atoms in total. The average molecular weight is 267 g/mol. The lowest BCUT2D eigenvalue weighted by Crippen LogP contribution is -2.39. The number of aromatic amines is 1. The minimum atomic E-state index is 0.582. The molecule has 2 fully saturated rings. The van der Waals surface area contributed by atoms with Crippen molar-refractivity contribution < 1.29 is 0 Å². The molecule has 3 atom stereocenters. The van der Waals surface area contributed by atoms with Gasteiger partial charge < -0.3 is 0 Å². The van der Waals surface area contributed by atoms with Gasteiger partial charge in [0.25, 0.3) is 0 Å². The number of likely N-dealkylation sites (tertiary alicyclic amines) is 1. The molecule has 2 aliphatic rings. The van der Waals surface area contributed by atoms with Crippen molar-refractivity contribution in [2.75, 3.05) is 6.54 Å². The molecule has 0 radical (unpaired) electrons. The van der Waals surface area contributed by atoms with E-state index >= 15 is 0 Å². The van der Waals surface area contributed by atoms with Crippen LogP contribution in [0.3, 0.4) is 0 Å². The third kappa shape index (κ3) is 2.16. The SMILES string of the molecule is c1ccc(C2C3CCC(C3)CN2Cc2ccn[nH]2)cc1. The maximum atomic E-state index is 4.09. The molecule has 20 heavy (non-hydrogen) atoms. The average Bonchev–Trinajstić information content (AvgIpc) is 3.11. The third-order valence-corrected chi connectivity index (χ3v) is 4.99. The molecule has 1 saturated heterocycles. The van der Waals surface area contributed by atoms with E-state index in [-0.39, 0.29) is 0 Å². The molecule has 1 saturated carbocycles. The molecule has 0 spiro atoms. The molecule has 0 amide bonds. The first-order chi connectivity index (χ1) is 9.90. The molecule has 3 heteroatoms. The summed E-state index contributed by atoms with van der Waals surface area (Å²) in [6, 6.07) is 13.7. The van der Waals surface area contributed by atoms with E-state index in [0.717, 1.165) is 18.4 Å². The van der Waals surface area contributed by atoms with Gasteiger partial charge in [0.05, 0.1) is 0 Å². The lowest BCUT2D eigenvalue weighted by atomic mass is 9.86. The maximum absolute atomic E-state index is 4.09. The standard InChI is InChI=1S/C17H21N3/c1-2-4-14(5-3-1)17-15-7-6-13(10-15)11-20(17)12-16-8-9-18-19-16/h1-5,8-9,13,15,17H,6-7,10-12H2,(H,18,19). The van der Waals surface area contributed by atoms with E-state index in [0.29, 0.717) is 6.04 Å². The second-order valence-electron chi connectivity index (χ2n) is 6.31. The highest BCUT2D eigenvalue weighted by atomic mass is 15.2. The predicted molar refractivity (Wildman–Crippen MR) is 79.0 cm³/mol. The predicted octanol–water partition coefficient (Wildman–Crippen LogP) is 3.38. The summed E-state index contributed by atoms with van der Waals surface area (Å²) in [7, 11) is 0. The molecular weight excluding hydrogens is 246 g/mol. The summed E-state index contributed by atoms with van der Waals surface area (Å²) in [5.74, 6) is 1.74. The number of H-pyrrole nitrogens is 1. The second kappa shape index (κ2) is 5.06. The van der Waals surface area contributed by atoms with Crippen molar-refractivity contribution in [2.45, 2.75) is 31.8 Å². The number of piperidine rings is 1. The van der Waals surface area contributed by atoms with Crippen molar-refractivity contribution in [3.63, 3.8) is 0 Å². The van der Waals surface area contributed by atoms with Gasteiger partial charge in [0.1, 0.15) is 0 Å². The number of rotatable bonds is 3. The van der Waals surface area contributed by atoms with Crippen molar-refractivity contribution in [3.05, 3.63) is 53.9 Å². The molecule has 2 bridgehead atoms. The van der Waals surface area contributed by atoms with Crippen LogP contribution in [0.1, 0.15) is 36.6 Å². The lowest BCUT2D eigenvalue weighted by molar-refractivity contribution is 0.0825. The molecule has 4 rings (SSSR count). The van der Waals surface area contributed by atoms with Crippen LogP contribution < -0.4 is 0 Å². The summed E-state index contributed by atoms with van der Waals surface area (Å²) < 4.78 is 0. The quantitative estimate of drug-likeness (QED) is 0.924. The fourth-order valence-corrected chi connectivity index (χ4v) is 4.20. The number of hydrogen-bond acceptors (Lipinski definition) is 2. The zero-order chi connectivity index (χ0) is 13.4. The van der Waals surface area contributed by atoms with Crippen molar-refractivity contribution >= 4 is 0 Å². The van der Waals surface area contributed by atoms with Gasteiger partial charge >= 0.3 is 0 Å². The van der Waals surface area contributed by atoms with Crippen LogP contribution in [0.4, 0.5) is 0 Å². The second-order valence-corrected chi connectivity index (χ2v) is 6.31. The molecule has 104 valence electrons. The summed E-state index contributed by atoms with van der Waals surface area (Å²) in [6.07, 6.45) is 6.07. The van der Waals surface area contributed by atoms with Crippen molar-refractivity contribution in [3.8, 4) is 0 Å². The van der Waals surface area contributed by atoms with Crippen molar-refractivity contribution in [2.24, 2.45) is 11.8 Å². The lowest BCUT2D eigenvalue weighted by Gasteiger charge is -2.40. The topological polar surface area (TPSA) is 31.9 Å². The van der Waals surface area contributed by atoms with E-state index in [1.807, 2.05) is 6.20 Å². The molecular formula is C17H21N3. The number of benzene rings is 1. The zero-order valence-corrected chi connectivity index (χ0v) is 11.7. The molecule has 1 aromatic heterocycles. The summed E-state index contributed by atoms with van der Waals surface area (Å²) in [6.45, 7) is 2.22. The van der Waals surface area contributed by atoms with Gasteiger partial charge in [-0.25, -0.2) is 0 Å². The minimum Gasteiger partial charge on any atom is -0.290 e. The van der Waals surface area contributed by atoms with Gasteiger partial charge in [0.2, 0.25) is 0 Å². The van der Waals surface area contributed by atoms with Crippen LogP contribution in [0, 0.1) is 11.8 Å². The summed E-state index contributed by atoms with van der Waals surface area (Å²) in [5, 5.41) is 7.20. The third-order valence-electron chi connectivity index (χ3n) is 4.99. The fourth-order valence-electron chi connectivity index (χ4n) is 4.20. The van der Waals surface area contributed by atoms with Crippen LogP contribution in [0.2, 0.25) is 0 Å². The van der Waals surface area contributed by atoms with Gasteiger partial charge in [-0.1, -0.05) is 30.3 Å². The number of nitrogens with one attached hydrogen (secondary N) is 1. The highest BCUT2D eigenvalue weighted by Gasteiger charge is 2.41. The smallest absolute Gasteiger partial charge is 0.0492 e. The Labute approximate surface area is 120 Å². The molecule has 3 unspecified atom stereocenters. The van der Waals surface area contributed by atoms with Gasteiger partial charge in [-0.2, -0.15) is 5.10 Å². The monoisotopic (exact) mass is 267 g/mol. The maximum Gasteiger partial charge on any atom is 0.0492 e. The van der Waals surface area contributed by atoms with E-state index in [9.17, 15) is 0 Å². The molecule has 2 heterocycles. The van der Waals surface area contributed by atoms with Crippen LogP contribution in [0.25, 0.3) is 0 Å². The molecule has 1 aromatic carbocycles. The van der Waals surface area contributed by atoms with Crippen LogP contribution in [-0.4, -0.2) is 21.6 Å². The zero-order valence-electron chi connectivity index (χ0n) is 11.7.